The van der Waals surface area contributed by atoms with Gasteiger partial charge < -0.3 is 15.3 Å². The van der Waals surface area contributed by atoms with Gasteiger partial charge in [0.05, 0.1) is 5.41 Å². The Bertz CT molecular complexity index is 446. The lowest BCUT2D eigenvalue weighted by Gasteiger charge is -2.34. The predicted molar refractivity (Wildman–Crippen MR) is 67.5 cm³/mol. The average molecular weight is 308 g/mol. The molecule has 0 radical (unpaired) electrons. The van der Waals surface area contributed by atoms with Crippen molar-refractivity contribution in [1.29, 1.82) is 0 Å². The van der Waals surface area contributed by atoms with E-state index in [4.69, 9.17) is 0 Å². The van der Waals surface area contributed by atoms with Gasteiger partial charge in [0.1, 0.15) is 0 Å². The van der Waals surface area contributed by atoms with Gasteiger partial charge in [-0.2, -0.15) is 13.2 Å². The average Bonchev–Trinajstić information content (AvgIpc) is 3.05. The molecule has 0 saturated carbocycles. The smallest absolute Gasteiger partial charge is 0.404 e. The highest BCUT2D eigenvalue weighted by Crippen LogP contribution is 2.46. The molecule has 2 aliphatic rings. The summed E-state index contributed by atoms with van der Waals surface area (Å²) in [5.74, 6) is -2.04. The Hall–Kier alpha value is -1.31. The van der Waals surface area contributed by atoms with Crippen molar-refractivity contribution in [2.45, 2.75) is 32.4 Å². The summed E-state index contributed by atoms with van der Waals surface area (Å²) in [5.41, 5.74) is -3.52. The number of carboxylic acid groups (broad SMARTS) is 1. The Morgan fingerprint density at radius 1 is 1.33 bits per heavy atom. The summed E-state index contributed by atoms with van der Waals surface area (Å²) in [4.78, 5) is 24.8. The van der Waals surface area contributed by atoms with Crippen LogP contribution in [0.15, 0.2) is 0 Å². The van der Waals surface area contributed by atoms with E-state index in [1.807, 2.05) is 0 Å². The lowest BCUT2D eigenvalue weighted by atomic mass is 9.83. The number of hydrogen-bond acceptors (Lipinski definition) is 3. The Labute approximate surface area is 120 Å². The van der Waals surface area contributed by atoms with Crippen LogP contribution in [0.25, 0.3) is 0 Å². The SMILES string of the molecule is CCC1(C(=O)O)CCN(C(=O)C2(C(F)(F)F)CCNC2)C1. The molecule has 0 aromatic carbocycles. The molecule has 0 bridgehead atoms. The lowest BCUT2D eigenvalue weighted by Crippen LogP contribution is -2.53. The molecule has 0 aromatic rings. The van der Waals surface area contributed by atoms with Crippen LogP contribution in [-0.4, -0.2) is 54.2 Å². The molecule has 8 heteroatoms. The van der Waals surface area contributed by atoms with Gasteiger partial charge in [0.15, 0.2) is 5.41 Å². The molecule has 0 aromatic heterocycles. The molecule has 21 heavy (non-hydrogen) atoms. The zero-order chi connectivity index (χ0) is 15.9. The summed E-state index contributed by atoms with van der Waals surface area (Å²) in [6, 6.07) is 0. The highest BCUT2D eigenvalue weighted by molar-refractivity contribution is 5.86. The maximum atomic E-state index is 13.3. The van der Waals surface area contributed by atoms with E-state index in [9.17, 15) is 27.9 Å². The van der Waals surface area contributed by atoms with Gasteiger partial charge in [-0.05, 0) is 25.8 Å². The van der Waals surface area contributed by atoms with Crippen molar-refractivity contribution in [3.05, 3.63) is 0 Å². The molecule has 2 heterocycles. The molecular weight excluding hydrogens is 289 g/mol. The van der Waals surface area contributed by atoms with Crippen LogP contribution >= 0.6 is 0 Å². The summed E-state index contributed by atoms with van der Waals surface area (Å²) in [6.07, 6.45) is -4.43. The highest BCUT2D eigenvalue weighted by Gasteiger charge is 2.63. The number of rotatable bonds is 3. The van der Waals surface area contributed by atoms with Crippen LogP contribution < -0.4 is 5.32 Å². The predicted octanol–water partition coefficient (Wildman–Crippen LogP) is 1.24. The molecule has 2 rings (SSSR count). The third-order valence-corrected chi connectivity index (χ3v) is 4.88. The van der Waals surface area contributed by atoms with Gasteiger partial charge in [-0.3, -0.25) is 9.59 Å². The maximum absolute atomic E-state index is 13.3. The van der Waals surface area contributed by atoms with Gasteiger partial charge in [0.25, 0.3) is 0 Å². The standard InChI is InChI=1S/C13H19F3N2O3/c1-2-11(10(20)21)4-6-18(8-11)9(19)12(13(14,15)16)3-5-17-7-12/h17H,2-8H2,1H3,(H,20,21). The van der Waals surface area contributed by atoms with Gasteiger partial charge in [-0.25, -0.2) is 0 Å². The van der Waals surface area contributed by atoms with Gasteiger partial charge in [0, 0.05) is 19.6 Å². The summed E-state index contributed by atoms with van der Waals surface area (Å²) >= 11 is 0. The first-order valence-corrected chi connectivity index (χ1v) is 6.99. The number of nitrogens with zero attached hydrogens (tertiary/aromatic N) is 1. The first-order chi connectivity index (χ1) is 9.68. The quantitative estimate of drug-likeness (QED) is 0.823. The molecule has 0 aliphatic carbocycles. The molecule has 0 spiro atoms. The second kappa shape index (κ2) is 5.15. The Balaban J connectivity index is 2.23. The van der Waals surface area contributed by atoms with Crippen LogP contribution in [0.4, 0.5) is 13.2 Å². The fraction of sp³-hybridized carbons (Fsp3) is 0.846. The third kappa shape index (κ3) is 2.39. The first-order valence-electron chi connectivity index (χ1n) is 6.99. The zero-order valence-corrected chi connectivity index (χ0v) is 11.8. The molecular formula is C13H19F3N2O3. The van der Waals surface area contributed by atoms with Crippen LogP contribution in [-0.2, 0) is 9.59 Å². The first kappa shape index (κ1) is 16.1. The Morgan fingerprint density at radius 3 is 2.38 bits per heavy atom. The molecule has 1 amide bonds. The van der Waals surface area contributed by atoms with E-state index in [2.05, 4.69) is 5.32 Å². The van der Waals surface area contributed by atoms with Crippen LogP contribution in [0.5, 0.6) is 0 Å². The summed E-state index contributed by atoms with van der Waals surface area (Å²) in [5, 5.41) is 11.9. The van der Waals surface area contributed by atoms with Gasteiger partial charge in [-0.15, -0.1) is 0 Å². The monoisotopic (exact) mass is 308 g/mol. The van der Waals surface area contributed by atoms with Crippen LogP contribution in [0.2, 0.25) is 0 Å². The van der Waals surface area contributed by atoms with E-state index in [0.717, 1.165) is 4.90 Å². The number of likely N-dealkylation sites (tertiary alicyclic amines) is 1. The number of hydrogen-bond donors (Lipinski definition) is 2. The van der Waals surface area contributed by atoms with E-state index >= 15 is 0 Å². The number of aliphatic carboxylic acids is 1. The fourth-order valence-electron chi connectivity index (χ4n) is 3.20. The Morgan fingerprint density at radius 2 is 2.00 bits per heavy atom. The van der Waals surface area contributed by atoms with Gasteiger partial charge in [0.2, 0.25) is 5.91 Å². The minimum Gasteiger partial charge on any atom is -0.481 e. The molecule has 2 saturated heterocycles. The minimum absolute atomic E-state index is 0.0663. The van der Waals surface area contributed by atoms with E-state index in [1.54, 1.807) is 6.92 Å². The molecule has 2 atom stereocenters. The van der Waals surface area contributed by atoms with Crippen LogP contribution in [0.1, 0.15) is 26.2 Å². The third-order valence-electron chi connectivity index (χ3n) is 4.88. The van der Waals surface area contributed by atoms with Crippen molar-refractivity contribution in [2.75, 3.05) is 26.2 Å². The maximum Gasteiger partial charge on any atom is 0.404 e. The highest BCUT2D eigenvalue weighted by atomic mass is 19.4. The van der Waals surface area contributed by atoms with E-state index in [1.165, 1.54) is 0 Å². The largest absolute Gasteiger partial charge is 0.481 e. The summed E-state index contributed by atoms with van der Waals surface area (Å²) in [7, 11) is 0. The van der Waals surface area contributed by atoms with Crippen molar-refractivity contribution >= 4 is 11.9 Å². The van der Waals surface area contributed by atoms with Crippen molar-refractivity contribution < 1.29 is 27.9 Å². The second-order valence-corrected chi connectivity index (χ2v) is 5.92. The summed E-state index contributed by atoms with van der Waals surface area (Å²) in [6.45, 7) is 1.31. The molecule has 2 aliphatic heterocycles. The van der Waals surface area contributed by atoms with Crippen molar-refractivity contribution in [1.82, 2.24) is 10.2 Å². The van der Waals surface area contributed by atoms with Crippen LogP contribution in [0, 0.1) is 10.8 Å². The van der Waals surface area contributed by atoms with Crippen molar-refractivity contribution in [3.63, 3.8) is 0 Å². The molecule has 2 unspecified atom stereocenters. The fourth-order valence-corrected chi connectivity index (χ4v) is 3.20. The zero-order valence-electron chi connectivity index (χ0n) is 11.8. The number of halogens is 3. The van der Waals surface area contributed by atoms with Crippen LogP contribution in [0.3, 0.4) is 0 Å². The molecule has 5 nitrogen and oxygen atoms in total. The van der Waals surface area contributed by atoms with Crippen molar-refractivity contribution in [2.24, 2.45) is 10.8 Å². The number of nitrogens with one attached hydrogen (secondary N) is 1. The van der Waals surface area contributed by atoms with E-state index < -0.39 is 35.4 Å². The molecule has 2 N–H and O–H groups in total. The number of carbonyl (C=O) groups excluding carboxylic acids is 1. The Kier molecular flexibility index (Phi) is 3.94. The number of alkyl halides is 3. The normalized spacial score (nSPS) is 33.4. The van der Waals surface area contributed by atoms with Gasteiger partial charge >= 0.3 is 12.1 Å². The van der Waals surface area contributed by atoms with Crippen molar-refractivity contribution in [3.8, 4) is 0 Å². The number of carboxylic acids is 1. The van der Waals surface area contributed by atoms with Gasteiger partial charge in [-0.1, -0.05) is 6.92 Å². The number of amides is 1. The summed E-state index contributed by atoms with van der Waals surface area (Å²) < 4.78 is 40.0. The topological polar surface area (TPSA) is 69.6 Å². The second-order valence-electron chi connectivity index (χ2n) is 5.92. The lowest BCUT2D eigenvalue weighted by molar-refractivity contribution is -0.221. The van der Waals surface area contributed by atoms with E-state index in [0.29, 0.717) is 6.42 Å². The molecule has 120 valence electrons. The minimum atomic E-state index is -4.63. The number of carbonyl (C=O) groups is 2. The molecule has 2 fully saturated rings. The van der Waals surface area contributed by atoms with E-state index in [-0.39, 0.29) is 32.5 Å².